The third kappa shape index (κ3) is 4.42. The zero-order valence-electron chi connectivity index (χ0n) is 13.3. The maximum absolute atomic E-state index is 12.3. The first-order valence-electron chi connectivity index (χ1n) is 7.11. The van der Waals surface area contributed by atoms with Gasteiger partial charge in [0.05, 0.1) is 18.4 Å². The van der Waals surface area contributed by atoms with Crippen LogP contribution in [0.15, 0.2) is 53.4 Å². The number of sulfonamides is 1. The summed E-state index contributed by atoms with van der Waals surface area (Å²) >= 11 is 0. The lowest BCUT2D eigenvalue weighted by Crippen LogP contribution is -2.31. The minimum Gasteiger partial charge on any atom is -0.497 e. The SMILES string of the molecule is COc1cccc(CC(=O)NS(=O)(=O)c2cccc(C(C)=O)c2)c1. The van der Waals surface area contributed by atoms with Crippen LogP contribution in [0.4, 0.5) is 0 Å². The second-order valence-corrected chi connectivity index (χ2v) is 6.82. The smallest absolute Gasteiger partial charge is 0.264 e. The summed E-state index contributed by atoms with van der Waals surface area (Å²) in [6.07, 6.45) is -0.108. The molecule has 0 atom stereocenters. The molecular formula is C17H17NO5S. The van der Waals surface area contributed by atoms with E-state index in [1.807, 2.05) is 4.72 Å². The van der Waals surface area contributed by atoms with Crippen LogP contribution in [0.1, 0.15) is 22.8 Å². The topological polar surface area (TPSA) is 89.5 Å². The number of rotatable bonds is 6. The lowest BCUT2D eigenvalue weighted by molar-refractivity contribution is -0.118. The molecule has 7 heteroatoms. The van der Waals surface area contributed by atoms with Crippen LogP contribution in [0, 0.1) is 0 Å². The van der Waals surface area contributed by atoms with Crippen molar-refractivity contribution in [3.63, 3.8) is 0 Å². The zero-order chi connectivity index (χ0) is 17.7. The average Bonchev–Trinajstić information content (AvgIpc) is 2.54. The molecule has 0 heterocycles. The molecule has 2 aromatic carbocycles. The van der Waals surface area contributed by atoms with E-state index < -0.39 is 15.9 Å². The van der Waals surface area contributed by atoms with Gasteiger partial charge in [0.25, 0.3) is 10.0 Å². The van der Waals surface area contributed by atoms with Crippen LogP contribution in [0.3, 0.4) is 0 Å². The van der Waals surface area contributed by atoms with Gasteiger partial charge in [-0.2, -0.15) is 0 Å². The fourth-order valence-corrected chi connectivity index (χ4v) is 3.12. The molecule has 0 bridgehead atoms. The highest BCUT2D eigenvalue weighted by molar-refractivity contribution is 7.90. The van der Waals surface area contributed by atoms with Gasteiger partial charge in [-0.05, 0) is 36.8 Å². The van der Waals surface area contributed by atoms with Crippen molar-refractivity contribution in [3.8, 4) is 5.75 Å². The highest BCUT2D eigenvalue weighted by Gasteiger charge is 2.18. The fraction of sp³-hybridized carbons (Fsp3) is 0.176. The molecular weight excluding hydrogens is 330 g/mol. The minimum absolute atomic E-state index is 0.108. The number of hydrogen-bond donors (Lipinski definition) is 1. The number of ketones is 1. The molecule has 0 unspecified atom stereocenters. The first-order chi connectivity index (χ1) is 11.3. The molecule has 0 aliphatic heterocycles. The number of carbonyl (C=O) groups is 2. The molecule has 0 aliphatic carbocycles. The van der Waals surface area contributed by atoms with Gasteiger partial charge in [-0.3, -0.25) is 9.59 Å². The van der Waals surface area contributed by atoms with Gasteiger partial charge in [0.2, 0.25) is 5.91 Å². The third-order valence-corrected chi connectivity index (χ3v) is 4.67. The largest absolute Gasteiger partial charge is 0.497 e. The maximum Gasteiger partial charge on any atom is 0.264 e. The molecule has 126 valence electrons. The minimum atomic E-state index is -4.03. The van der Waals surface area contributed by atoms with Crippen LogP contribution in [-0.4, -0.2) is 27.2 Å². The predicted molar refractivity (Wildman–Crippen MR) is 88.5 cm³/mol. The highest BCUT2D eigenvalue weighted by atomic mass is 32.2. The van der Waals surface area contributed by atoms with E-state index in [-0.39, 0.29) is 22.7 Å². The van der Waals surface area contributed by atoms with Gasteiger partial charge in [0, 0.05) is 5.56 Å². The summed E-state index contributed by atoms with van der Waals surface area (Å²) < 4.78 is 31.6. The Bertz CT molecular complexity index is 874. The van der Waals surface area contributed by atoms with Crippen LogP contribution < -0.4 is 9.46 Å². The summed E-state index contributed by atoms with van der Waals surface area (Å²) in [5.41, 5.74) is 0.887. The van der Waals surface area contributed by atoms with E-state index in [9.17, 15) is 18.0 Å². The highest BCUT2D eigenvalue weighted by Crippen LogP contribution is 2.14. The molecule has 2 rings (SSSR count). The first-order valence-corrected chi connectivity index (χ1v) is 8.60. The Labute approximate surface area is 140 Å². The molecule has 0 radical (unpaired) electrons. The van der Waals surface area contributed by atoms with E-state index in [1.165, 1.54) is 38.3 Å². The number of nitrogens with one attached hydrogen (secondary N) is 1. The van der Waals surface area contributed by atoms with Crippen molar-refractivity contribution in [1.29, 1.82) is 0 Å². The Morgan fingerprint density at radius 3 is 2.46 bits per heavy atom. The Hall–Kier alpha value is -2.67. The Balaban J connectivity index is 2.15. The lowest BCUT2D eigenvalue weighted by Gasteiger charge is -2.08. The predicted octanol–water partition coefficient (Wildman–Crippen LogP) is 1.95. The molecule has 2 aromatic rings. The third-order valence-electron chi connectivity index (χ3n) is 3.30. The van der Waals surface area contributed by atoms with Crippen LogP contribution >= 0.6 is 0 Å². The molecule has 1 N–H and O–H groups in total. The normalized spacial score (nSPS) is 10.9. The van der Waals surface area contributed by atoms with Crippen LogP contribution in [0.2, 0.25) is 0 Å². The number of ether oxygens (including phenoxy) is 1. The first kappa shape index (κ1) is 17.7. The average molecular weight is 347 g/mol. The summed E-state index contributed by atoms with van der Waals surface area (Å²) in [6.45, 7) is 1.34. The molecule has 1 amide bonds. The van der Waals surface area contributed by atoms with E-state index in [1.54, 1.807) is 24.3 Å². The molecule has 6 nitrogen and oxygen atoms in total. The zero-order valence-corrected chi connectivity index (χ0v) is 14.1. The Morgan fingerprint density at radius 1 is 1.08 bits per heavy atom. The van der Waals surface area contributed by atoms with Gasteiger partial charge in [-0.25, -0.2) is 13.1 Å². The van der Waals surface area contributed by atoms with Crippen molar-refractivity contribution in [2.24, 2.45) is 0 Å². The summed E-state index contributed by atoms with van der Waals surface area (Å²) in [6, 6.07) is 12.3. The van der Waals surface area contributed by atoms with E-state index in [0.717, 1.165) is 0 Å². The molecule has 0 saturated carbocycles. The maximum atomic E-state index is 12.3. The summed E-state index contributed by atoms with van der Waals surface area (Å²) in [4.78, 5) is 23.2. The van der Waals surface area contributed by atoms with E-state index >= 15 is 0 Å². The van der Waals surface area contributed by atoms with E-state index in [0.29, 0.717) is 11.3 Å². The summed E-state index contributed by atoms with van der Waals surface area (Å²) in [7, 11) is -2.53. The van der Waals surface area contributed by atoms with Crippen molar-refractivity contribution in [3.05, 3.63) is 59.7 Å². The quantitative estimate of drug-likeness (QED) is 0.807. The van der Waals surface area contributed by atoms with Crippen LogP contribution in [0.5, 0.6) is 5.75 Å². The molecule has 24 heavy (non-hydrogen) atoms. The van der Waals surface area contributed by atoms with Crippen molar-refractivity contribution in [1.82, 2.24) is 4.72 Å². The second-order valence-electron chi connectivity index (χ2n) is 5.14. The molecule has 0 spiro atoms. The van der Waals surface area contributed by atoms with Crippen molar-refractivity contribution in [2.75, 3.05) is 7.11 Å². The van der Waals surface area contributed by atoms with Gasteiger partial charge in [-0.15, -0.1) is 0 Å². The number of Topliss-reactive ketones (excluding diaryl/α,β-unsaturated/α-hetero) is 1. The monoisotopic (exact) mass is 347 g/mol. The Kier molecular flexibility index (Phi) is 5.35. The lowest BCUT2D eigenvalue weighted by atomic mass is 10.1. The van der Waals surface area contributed by atoms with E-state index in [4.69, 9.17) is 4.74 Å². The number of amides is 1. The molecule has 0 saturated heterocycles. The summed E-state index contributed by atoms with van der Waals surface area (Å²) in [5, 5.41) is 0. The molecule has 0 aromatic heterocycles. The van der Waals surface area contributed by atoms with E-state index in [2.05, 4.69) is 0 Å². The van der Waals surface area contributed by atoms with Gasteiger partial charge < -0.3 is 4.74 Å². The van der Waals surface area contributed by atoms with Crippen molar-refractivity contribution in [2.45, 2.75) is 18.2 Å². The second kappa shape index (κ2) is 7.27. The molecule has 0 aliphatic rings. The molecule has 0 fully saturated rings. The van der Waals surface area contributed by atoms with Gasteiger partial charge >= 0.3 is 0 Å². The number of carbonyl (C=O) groups excluding carboxylic acids is 2. The van der Waals surface area contributed by atoms with Gasteiger partial charge in [0.15, 0.2) is 5.78 Å². The van der Waals surface area contributed by atoms with Crippen LogP contribution in [-0.2, 0) is 21.2 Å². The van der Waals surface area contributed by atoms with Gasteiger partial charge in [-0.1, -0.05) is 24.3 Å². The van der Waals surface area contributed by atoms with Crippen molar-refractivity contribution >= 4 is 21.7 Å². The number of benzene rings is 2. The van der Waals surface area contributed by atoms with Gasteiger partial charge in [0.1, 0.15) is 5.75 Å². The summed E-state index contributed by atoms with van der Waals surface area (Å²) in [5.74, 6) is -0.344. The fourth-order valence-electron chi connectivity index (χ4n) is 2.09. The Morgan fingerprint density at radius 2 is 1.79 bits per heavy atom. The number of hydrogen-bond acceptors (Lipinski definition) is 5. The van der Waals surface area contributed by atoms with Crippen molar-refractivity contribution < 1.29 is 22.7 Å². The number of methoxy groups -OCH3 is 1. The van der Waals surface area contributed by atoms with Crippen LogP contribution in [0.25, 0.3) is 0 Å². The standard InChI is InChI=1S/C17H17NO5S/c1-12(19)14-6-4-8-16(11-14)24(21,22)18-17(20)10-13-5-3-7-15(9-13)23-2/h3-9,11H,10H2,1-2H3,(H,18,20).